The summed E-state index contributed by atoms with van der Waals surface area (Å²) in [6.45, 7) is 5.07. The monoisotopic (exact) mass is 426 g/mol. The first-order valence-corrected chi connectivity index (χ1v) is 10.2. The zero-order valence-corrected chi connectivity index (χ0v) is 17.4. The SMILES string of the molecule is CCC(=O)Nc1ccc(C(=O)NCCNC(=O)c2ccc(N3CCOCC3)nn2)cc1. The summed E-state index contributed by atoms with van der Waals surface area (Å²) in [5.74, 6) is 0.00401. The Morgan fingerprint density at radius 1 is 0.935 bits per heavy atom. The van der Waals surface area contributed by atoms with Crippen LogP contribution in [0, 0.1) is 0 Å². The lowest BCUT2D eigenvalue weighted by atomic mass is 10.2. The number of morpholine rings is 1. The molecule has 10 heteroatoms. The highest BCUT2D eigenvalue weighted by molar-refractivity contribution is 5.96. The van der Waals surface area contributed by atoms with Crippen LogP contribution in [-0.2, 0) is 9.53 Å². The molecule has 1 fully saturated rings. The van der Waals surface area contributed by atoms with Gasteiger partial charge in [0.25, 0.3) is 11.8 Å². The van der Waals surface area contributed by atoms with Gasteiger partial charge in [0.1, 0.15) is 0 Å². The average molecular weight is 426 g/mol. The number of carbonyl (C=O) groups excluding carboxylic acids is 3. The van der Waals surface area contributed by atoms with Crippen LogP contribution in [0.3, 0.4) is 0 Å². The fourth-order valence-corrected chi connectivity index (χ4v) is 2.91. The number of hydrogen-bond donors (Lipinski definition) is 3. The number of carbonyl (C=O) groups is 3. The van der Waals surface area contributed by atoms with Crippen molar-refractivity contribution in [2.24, 2.45) is 0 Å². The van der Waals surface area contributed by atoms with E-state index < -0.39 is 0 Å². The zero-order chi connectivity index (χ0) is 22.1. The summed E-state index contributed by atoms with van der Waals surface area (Å²) >= 11 is 0. The van der Waals surface area contributed by atoms with Crippen molar-refractivity contribution < 1.29 is 19.1 Å². The van der Waals surface area contributed by atoms with E-state index >= 15 is 0 Å². The molecule has 10 nitrogen and oxygen atoms in total. The fraction of sp³-hybridized carbons (Fsp3) is 0.381. The molecule has 0 bridgehead atoms. The van der Waals surface area contributed by atoms with Crippen molar-refractivity contribution in [3.63, 3.8) is 0 Å². The van der Waals surface area contributed by atoms with Gasteiger partial charge in [0, 0.05) is 43.9 Å². The van der Waals surface area contributed by atoms with Gasteiger partial charge in [0.05, 0.1) is 13.2 Å². The van der Waals surface area contributed by atoms with Crippen molar-refractivity contribution >= 4 is 29.2 Å². The third kappa shape index (κ3) is 6.48. The van der Waals surface area contributed by atoms with Gasteiger partial charge in [-0.15, -0.1) is 10.2 Å². The number of anilines is 2. The van der Waals surface area contributed by atoms with Gasteiger partial charge >= 0.3 is 0 Å². The molecular weight excluding hydrogens is 400 g/mol. The Balaban J connectivity index is 1.40. The molecular formula is C21H26N6O4. The third-order valence-corrected chi connectivity index (χ3v) is 4.67. The number of ether oxygens (including phenoxy) is 1. The van der Waals surface area contributed by atoms with Crippen molar-refractivity contribution in [3.05, 3.63) is 47.7 Å². The van der Waals surface area contributed by atoms with Crippen LogP contribution in [0.4, 0.5) is 11.5 Å². The molecule has 164 valence electrons. The zero-order valence-electron chi connectivity index (χ0n) is 17.4. The van der Waals surface area contributed by atoms with Gasteiger partial charge in [0.2, 0.25) is 5.91 Å². The molecule has 1 aromatic heterocycles. The van der Waals surface area contributed by atoms with Crippen LogP contribution in [0.5, 0.6) is 0 Å². The molecule has 0 saturated carbocycles. The molecule has 31 heavy (non-hydrogen) atoms. The minimum Gasteiger partial charge on any atom is -0.378 e. The molecule has 1 aliphatic rings. The van der Waals surface area contributed by atoms with Crippen molar-refractivity contribution in [1.29, 1.82) is 0 Å². The first-order chi connectivity index (χ1) is 15.1. The second-order valence-corrected chi connectivity index (χ2v) is 6.87. The summed E-state index contributed by atoms with van der Waals surface area (Å²) in [6, 6.07) is 9.99. The number of hydrogen-bond acceptors (Lipinski definition) is 7. The summed E-state index contributed by atoms with van der Waals surface area (Å²) in [5.41, 5.74) is 1.31. The largest absolute Gasteiger partial charge is 0.378 e. The maximum absolute atomic E-state index is 12.2. The molecule has 0 radical (unpaired) electrons. The van der Waals surface area contributed by atoms with E-state index in [1.54, 1.807) is 43.3 Å². The van der Waals surface area contributed by atoms with Gasteiger partial charge in [-0.3, -0.25) is 14.4 Å². The highest BCUT2D eigenvalue weighted by Crippen LogP contribution is 2.11. The van der Waals surface area contributed by atoms with E-state index in [2.05, 4.69) is 31.0 Å². The van der Waals surface area contributed by atoms with E-state index in [1.165, 1.54) is 0 Å². The smallest absolute Gasteiger partial charge is 0.271 e. The number of nitrogens with zero attached hydrogens (tertiary/aromatic N) is 3. The topological polar surface area (TPSA) is 126 Å². The Bertz CT molecular complexity index is 895. The summed E-state index contributed by atoms with van der Waals surface area (Å²) in [5, 5.41) is 16.3. The number of rotatable bonds is 8. The first kappa shape index (κ1) is 22.2. The molecule has 0 unspecified atom stereocenters. The molecule has 3 rings (SSSR count). The standard InChI is InChI=1S/C21H26N6O4/c1-2-19(28)24-16-5-3-15(4-6-16)20(29)22-9-10-23-21(30)17-7-8-18(26-25-17)27-11-13-31-14-12-27/h3-8H,2,9-14H2,1H3,(H,22,29)(H,23,30)(H,24,28). The minimum absolute atomic E-state index is 0.0895. The highest BCUT2D eigenvalue weighted by Gasteiger charge is 2.14. The van der Waals surface area contributed by atoms with Crippen LogP contribution in [0.2, 0.25) is 0 Å². The predicted octanol–water partition coefficient (Wildman–Crippen LogP) is 0.822. The molecule has 0 spiro atoms. The van der Waals surface area contributed by atoms with Crippen molar-refractivity contribution in [2.75, 3.05) is 49.6 Å². The summed E-state index contributed by atoms with van der Waals surface area (Å²) in [6.07, 6.45) is 0.386. The molecule has 3 amide bonds. The van der Waals surface area contributed by atoms with E-state index in [-0.39, 0.29) is 36.5 Å². The number of benzene rings is 1. The van der Waals surface area contributed by atoms with Gasteiger partial charge in [-0.1, -0.05) is 6.92 Å². The fourth-order valence-electron chi connectivity index (χ4n) is 2.91. The Kier molecular flexibility index (Phi) is 7.88. The maximum atomic E-state index is 12.2. The van der Waals surface area contributed by atoms with Gasteiger partial charge in [-0.05, 0) is 36.4 Å². The number of nitrogens with one attached hydrogen (secondary N) is 3. The predicted molar refractivity (Wildman–Crippen MR) is 115 cm³/mol. The van der Waals surface area contributed by atoms with Crippen molar-refractivity contribution in [2.45, 2.75) is 13.3 Å². The third-order valence-electron chi connectivity index (χ3n) is 4.67. The Morgan fingerprint density at radius 3 is 2.23 bits per heavy atom. The second-order valence-electron chi connectivity index (χ2n) is 6.87. The number of aromatic nitrogens is 2. The van der Waals surface area contributed by atoms with Crippen LogP contribution in [-0.4, -0.2) is 67.3 Å². The molecule has 1 aliphatic heterocycles. The molecule has 3 N–H and O–H groups in total. The van der Waals surface area contributed by atoms with E-state index in [0.717, 1.165) is 13.1 Å². The van der Waals surface area contributed by atoms with Crippen LogP contribution < -0.4 is 20.9 Å². The van der Waals surface area contributed by atoms with Crippen LogP contribution >= 0.6 is 0 Å². The van der Waals surface area contributed by atoms with Gasteiger partial charge in [-0.2, -0.15) is 0 Å². The minimum atomic E-state index is -0.355. The van der Waals surface area contributed by atoms with Crippen LogP contribution in [0.15, 0.2) is 36.4 Å². The van der Waals surface area contributed by atoms with Crippen molar-refractivity contribution in [1.82, 2.24) is 20.8 Å². The van der Waals surface area contributed by atoms with E-state index in [9.17, 15) is 14.4 Å². The average Bonchev–Trinajstić information content (AvgIpc) is 2.82. The van der Waals surface area contributed by atoms with Gasteiger partial charge < -0.3 is 25.6 Å². The number of amides is 3. The van der Waals surface area contributed by atoms with Crippen LogP contribution in [0.25, 0.3) is 0 Å². The lowest BCUT2D eigenvalue weighted by Crippen LogP contribution is -2.37. The Morgan fingerprint density at radius 2 is 1.61 bits per heavy atom. The second kappa shape index (κ2) is 11.0. The Hall–Kier alpha value is -3.53. The normalized spacial score (nSPS) is 13.4. The summed E-state index contributed by atoms with van der Waals surface area (Å²) in [7, 11) is 0. The van der Waals surface area contributed by atoms with Crippen LogP contribution in [0.1, 0.15) is 34.2 Å². The molecule has 2 heterocycles. The van der Waals surface area contributed by atoms with Crippen molar-refractivity contribution in [3.8, 4) is 0 Å². The molecule has 1 saturated heterocycles. The van der Waals surface area contributed by atoms with Gasteiger partial charge in [-0.25, -0.2) is 0 Å². The summed E-state index contributed by atoms with van der Waals surface area (Å²) in [4.78, 5) is 37.8. The van der Waals surface area contributed by atoms with E-state index in [0.29, 0.717) is 36.7 Å². The maximum Gasteiger partial charge on any atom is 0.271 e. The Labute approximate surface area is 180 Å². The van der Waals surface area contributed by atoms with E-state index in [4.69, 9.17) is 4.74 Å². The van der Waals surface area contributed by atoms with Gasteiger partial charge in [0.15, 0.2) is 11.5 Å². The first-order valence-electron chi connectivity index (χ1n) is 10.2. The highest BCUT2D eigenvalue weighted by atomic mass is 16.5. The lowest BCUT2D eigenvalue weighted by Gasteiger charge is -2.27. The molecule has 0 aliphatic carbocycles. The van der Waals surface area contributed by atoms with E-state index in [1.807, 2.05) is 0 Å². The molecule has 1 aromatic carbocycles. The lowest BCUT2D eigenvalue weighted by molar-refractivity contribution is -0.115. The quantitative estimate of drug-likeness (QED) is 0.534. The molecule has 2 aromatic rings. The molecule has 0 atom stereocenters. The summed E-state index contributed by atoms with van der Waals surface area (Å²) < 4.78 is 5.31.